The highest BCUT2D eigenvalue weighted by atomic mass is 32.1. The molecule has 4 aromatic rings. The summed E-state index contributed by atoms with van der Waals surface area (Å²) in [5.41, 5.74) is 3.27. The van der Waals surface area contributed by atoms with Crippen LogP contribution in [0.5, 0.6) is 0 Å². The number of nitrogens with zero attached hydrogens (tertiary/aromatic N) is 6. The summed E-state index contributed by atoms with van der Waals surface area (Å²) in [5, 5.41) is 9.29. The minimum Gasteiger partial charge on any atom is -0.356 e. The molecule has 3 fully saturated rings. The summed E-state index contributed by atoms with van der Waals surface area (Å²) in [7, 11) is 0. The minimum atomic E-state index is -0.658. The Morgan fingerprint density at radius 1 is 1.07 bits per heavy atom. The van der Waals surface area contributed by atoms with E-state index < -0.39 is 11.8 Å². The second kappa shape index (κ2) is 12.3. The third-order valence-corrected chi connectivity index (χ3v) is 10.3. The number of fused-ring (bicyclic) bond motifs is 2. The molecule has 0 radical (unpaired) electrons. The first kappa shape index (κ1) is 28.4. The number of carbonyl (C=O) groups excluding carboxylic acids is 2. The third kappa shape index (κ3) is 5.90. The topological polar surface area (TPSA) is 105 Å². The quantitative estimate of drug-likeness (QED) is 0.298. The molecule has 2 amide bonds. The summed E-state index contributed by atoms with van der Waals surface area (Å²) in [6.07, 6.45) is 13.2. The van der Waals surface area contributed by atoms with Gasteiger partial charge in [0.1, 0.15) is 0 Å². The average Bonchev–Trinajstić information content (AvgIpc) is 3.80. The summed E-state index contributed by atoms with van der Waals surface area (Å²) in [5.74, 6) is -0.873. The number of amides is 2. The predicted molar refractivity (Wildman–Crippen MR) is 167 cm³/mol. The SMILES string of the molecule is C[C@H]1CC[C@H](c2ccc3sc(CCN4CCCC4)nc3c2)N(C(=O)C(=O)Nc2cncc3c2cnn3C2CCCCO2)C1. The lowest BCUT2D eigenvalue weighted by atomic mass is 9.89. The molecule has 3 aliphatic heterocycles. The van der Waals surface area contributed by atoms with Crippen LogP contribution in [0.1, 0.15) is 74.7 Å². The van der Waals surface area contributed by atoms with E-state index in [1.807, 2.05) is 4.68 Å². The lowest BCUT2D eigenvalue weighted by Gasteiger charge is -2.38. The normalized spacial score (nSPS) is 23.3. The van der Waals surface area contributed by atoms with Crippen LogP contribution in [-0.4, -0.2) is 74.1 Å². The second-order valence-electron chi connectivity index (χ2n) is 12.3. The summed E-state index contributed by atoms with van der Waals surface area (Å²) < 4.78 is 8.91. The van der Waals surface area contributed by atoms with Crippen molar-refractivity contribution in [2.45, 2.75) is 70.6 Å². The van der Waals surface area contributed by atoms with Gasteiger partial charge in [-0.3, -0.25) is 14.6 Å². The molecule has 3 aromatic heterocycles. The molecule has 1 unspecified atom stereocenters. The summed E-state index contributed by atoms with van der Waals surface area (Å²) in [6.45, 7) is 6.82. The molecule has 1 aromatic carbocycles. The molecule has 3 saturated heterocycles. The monoisotopic (exact) mass is 601 g/mol. The largest absolute Gasteiger partial charge is 0.356 e. The smallest absolute Gasteiger partial charge is 0.313 e. The van der Waals surface area contributed by atoms with Gasteiger partial charge in [0.15, 0.2) is 6.23 Å². The van der Waals surface area contributed by atoms with E-state index in [-0.39, 0.29) is 12.3 Å². The number of aromatic nitrogens is 4. The molecular weight excluding hydrogens is 562 g/mol. The maximum atomic E-state index is 13.7. The first-order chi connectivity index (χ1) is 21.0. The number of nitrogens with one attached hydrogen (secondary N) is 1. The van der Waals surface area contributed by atoms with Crippen molar-refractivity contribution in [3.05, 3.63) is 47.4 Å². The Morgan fingerprint density at radius 3 is 2.79 bits per heavy atom. The van der Waals surface area contributed by atoms with Crippen molar-refractivity contribution in [2.75, 3.05) is 38.1 Å². The predicted octanol–water partition coefficient (Wildman–Crippen LogP) is 5.32. The number of likely N-dealkylation sites (tertiary alicyclic amines) is 2. The molecule has 11 heteroatoms. The molecule has 1 N–H and O–H groups in total. The molecule has 7 rings (SSSR count). The van der Waals surface area contributed by atoms with Crippen molar-refractivity contribution in [2.24, 2.45) is 5.92 Å². The fraction of sp³-hybridized carbons (Fsp3) is 0.531. The maximum absolute atomic E-state index is 13.7. The Morgan fingerprint density at radius 2 is 1.95 bits per heavy atom. The van der Waals surface area contributed by atoms with Crippen LogP contribution < -0.4 is 5.32 Å². The Labute approximate surface area is 255 Å². The number of carbonyl (C=O) groups is 2. The molecule has 43 heavy (non-hydrogen) atoms. The summed E-state index contributed by atoms with van der Waals surface area (Å²) >= 11 is 1.76. The van der Waals surface area contributed by atoms with E-state index in [1.54, 1.807) is 34.8 Å². The van der Waals surface area contributed by atoms with Crippen LogP contribution in [0.15, 0.2) is 36.8 Å². The molecular formula is C32H39N7O3S. The van der Waals surface area contributed by atoms with Gasteiger partial charge in [-0.1, -0.05) is 13.0 Å². The molecule has 0 saturated carbocycles. The summed E-state index contributed by atoms with van der Waals surface area (Å²) in [4.78, 5) is 40.7. The first-order valence-corrected chi connectivity index (χ1v) is 16.5. The van der Waals surface area contributed by atoms with Crippen molar-refractivity contribution in [1.82, 2.24) is 29.5 Å². The molecule has 0 spiro atoms. The highest BCUT2D eigenvalue weighted by Gasteiger charge is 2.35. The number of rotatable bonds is 6. The van der Waals surface area contributed by atoms with E-state index in [1.165, 1.54) is 30.6 Å². The number of thiazole rings is 1. The van der Waals surface area contributed by atoms with E-state index in [4.69, 9.17) is 9.72 Å². The molecule has 6 heterocycles. The minimum absolute atomic E-state index is 0.146. The molecule has 3 atom stereocenters. The number of ether oxygens (including phenoxy) is 1. The van der Waals surface area contributed by atoms with Crippen LogP contribution in [0, 0.1) is 5.92 Å². The third-order valence-electron chi connectivity index (χ3n) is 9.16. The van der Waals surface area contributed by atoms with Gasteiger partial charge in [0.05, 0.1) is 51.1 Å². The number of hydrogen-bond acceptors (Lipinski definition) is 8. The molecule has 226 valence electrons. The lowest BCUT2D eigenvalue weighted by Crippen LogP contribution is -2.46. The van der Waals surface area contributed by atoms with Gasteiger partial charge < -0.3 is 19.9 Å². The van der Waals surface area contributed by atoms with E-state index in [0.29, 0.717) is 24.8 Å². The van der Waals surface area contributed by atoms with Gasteiger partial charge in [0.2, 0.25) is 0 Å². The van der Waals surface area contributed by atoms with Crippen LogP contribution in [-0.2, 0) is 20.7 Å². The van der Waals surface area contributed by atoms with Gasteiger partial charge in [-0.2, -0.15) is 5.10 Å². The zero-order chi connectivity index (χ0) is 29.3. The Kier molecular flexibility index (Phi) is 8.11. The Balaban J connectivity index is 1.08. The molecule has 3 aliphatic rings. The molecule has 0 bridgehead atoms. The van der Waals surface area contributed by atoms with Crippen LogP contribution in [0.3, 0.4) is 0 Å². The van der Waals surface area contributed by atoms with Crippen LogP contribution in [0.2, 0.25) is 0 Å². The van der Waals surface area contributed by atoms with E-state index in [9.17, 15) is 9.59 Å². The van der Waals surface area contributed by atoms with Gasteiger partial charge in [-0.05, 0) is 81.6 Å². The van der Waals surface area contributed by atoms with Gasteiger partial charge in [-0.15, -0.1) is 11.3 Å². The van der Waals surface area contributed by atoms with E-state index in [2.05, 4.69) is 45.4 Å². The van der Waals surface area contributed by atoms with E-state index >= 15 is 0 Å². The molecule has 10 nitrogen and oxygen atoms in total. The van der Waals surface area contributed by atoms with Gasteiger partial charge in [0.25, 0.3) is 0 Å². The van der Waals surface area contributed by atoms with E-state index in [0.717, 1.165) is 72.1 Å². The number of pyridine rings is 1. The zero-order valence-corrected chi connectivity index (χ0v) is 25.5. The lowest BCUT2D eigenvalue weighted by molar-refractivity contribution is -0.146. The number of hydrogen-bond donors (Lipinski definition) is 1. The van der Waals surface area contributed by atoms with Gasteiger partial charge >= 0.3 is 11.8 Å². The zero-order valence-electron chi connectivity index (χ0n) is 24.7. The fourth-order valence-electron chi connectivity index (χ4n) is 6.80. The maximum Gasteiger partial charge on any atom is 0.313 e. The van der Waals surface area contributed by atoms with Crippen LogP contribution in [0.4, 0.5) is 5.69 Å². The first-order valence-electron chi connectivity index (χ1n) is 15.7. The van der Waals surface area contributed by atoms with Crippen molar-refractivity contribution in [3.8, 4) is 0 Å². The number of anilines is 1. The van der Waals surface area contributed by atoms with Crippen molar-refractivity contribution < 1.29 is 14.3 Å². The van der Waals surface area contributed by atoms with Crippen molar-refractivity contribution >= 4 is 50.0 Å². The van der Waals surface area contributed by atoms with Crippen molar-refractivity contribution in [3.63, 3.8) is 0 Å². The second-order valence-corrected chi connectivity index (χ2v) is 13.4. The number of piperidine rings is 1. The fourth-order valence-corrected chi connectivity index (χ4v) is 7.74. The highest BCUT2D eigenvalue weighted by Crippen LogP contribution is 2.36. The standard InChI is InChI=1S/C32H39N7O3S/c1-21-7-9-26(22-8-10-28-24(16-22)35-29(43-28)11-14-37-12-3-4-13-37)38(20-21)32(41)31(40)36-25-18-33-19-27-23(25)17-34-39(27)30-6-2-5-15-42-30/h8,10,16-19,21,26,30H,2-7,9,11-15,20H2,1H3,(H,36,40)/t21-,26+,30?/m0/s1. The average molecular weight is 602 g/mol. The van der Waals surface area contributed by atoms with Crippen LogP contribution >= 0.6 is 11.3 Å². The van der Waals surface area contributed by atoms with Crippen LogP contribution in [0.25, 0.3) is 21.1 Å². The molecule has 0 aliphatic carbocycles. The Bertz CT molecular complexity index is 1620. The Hall–Kier alpha value is -3.41. The summed E-state index contributed by atoms with van der Waals surface area (Å²) in [6, 6.07) is 6.18. The van der Waals surface area contributed by atoms with Gasteiger partial charge in [0, 0.05) is 31.5 Å². The van der Waals surface area contributed by atoms with Crippen molar-refractivity contribution in [1.29, 1.82) is 0 Å². The highest BCUT2D eigenvalue weighted by molar-refractivity contribution is 7.18. The number of benzene rings is 1. The van der Waals surface area contributed by atoms with Gasteiger partial charge in [-0.25, -0.2) is 9.67 Å².